The lowest BCUT2D eigenvalue weighted by Crippen LogP contribution is -2.40. The van der Waals surface area contributed by atoms with Crippen molar-refractivity contribution in [3.63, 3.8) is 0 Å². The number of carbonyl (C=O) groups excluding carboxylic acids is 1. The van der Waals surface area contributed by atoms with Gasteiger partial charge in [0.25, 0.3) is 0 Å². The van der Waals surface area contributed by atoms with Gasteiger partial charge in [0.1, 0.15) is 0 Å². The number of aliphatic hydroxyl groups is 1. The Hall–Kier alpha value is -1.35. The van der Waals surface area contributed by atoms with Gasteiger partial charge in [-0.1, -0.05) is 18.2 Å². The molecule has 3 heteroatoms. The van der Waals surface area contributed by atoms with Gasteiger partial charge in [0.05, 0.1) is 12.5 Å². The third-order valence-corrected chi connectivity index (χ3v) is 4.69. The molecule has 0 heterocycles. The average Bonchev–Trinajstić information content (AvgIpc) is 2.84. The Labute approximate surface area is 120 Å². The smallest absolute Gasteiger partial charge is 0.226 e. The monoisotopic (exact) mass is 273 g/mol. The summed E-state index contributed by atoms with van der Waals surface area (Å²) < 4.78 is 0. The molecule has 0 atom stereocenters. The summed E-state index contributed by atoms with van der Waals surface area (Å²) in [5.41, 5.74) is 4.02. The fourth-order valence-electron chi connectivity index (χ4n) is 3.38. The lowest BCUT2D eigenvalue weighted by Gasteiger charge is -2.34. The van der Waals surface area contributed by atoms with Crippen molar-refractivity contribution in [2.45, 2.75) is 44.6 Å². The first-order chi connectivity index (χ1) is 9.61. The molecule has 108 valence electrons. The minimum Gasteiger partial charge on any atom is -0.393 e. The van der Waals surface area contributed by atoms with Crippen molar-refractivity contribution in [1.82, 2.24) is 4.90 Å². The van der Waals surface area contributed by atoms with Crippen LogP contribution in [0.1, 0.15) is 36.0 Å². The van der Waals surface area contributed by atoms with Gasteiger partial charge in [-0.25, -0.2) is 0 Å². The van der Waals surface area contributed by atoms with Gasteiger partial charge in [-0.3, -0.25) is 4.79 Å². The van der Waals surface area contributed by atoms with Crippen molar-refractivity contribution in [2.75, 3.05) is 13.6 Å². The summed E-state index contributed by atoms with van der Waals surface area (Å²) in [7, 11) is 1.88. The number of benzene rings is 1. The van der Waals surface area contributed by atoms with Crippen LogP contribution in [-0.4, -0.2) is 35.6 Å². The first-order valence-electron chi connectivity index (χ1n) is 7.64. The van der Waals surface area contributed by atoms with Crippen molar-refractivity contribution in [3.8, 4) is 0 Å². The van der Waals surface area contributed by atoms with Crippen molar-refractivity contribution in [3.05, 3.63) is 34.9 Å². The molecule has 3 rings (SSSR count). The third kappa shape index (κ3) is 2.88. The van der Waals surface area contributed by atoms with Crippen LogP contribution in [0.15, 0.2) is 18.2 Å². The Balaban J connectivity index is 1.55. The number of nitrogens with zero attached hydrogens (tertiary/aromatic N) is 1. The Morgan fingerprint density at radius 1 is 1.30 bits per heavy atom. The Kier molecular flexibility index (Phi) is 3.79. The van der Waals surface area contributed by atoms with E-state index in [2.05, 4.69) is 18.2 Å². The standard InChI is InChI=1S/C17H23NO2/c1-18(11-13-8-16(19)9-13)17(20)10-12-5-6-14-3-2-4-15(14)7-12/h5-7,13,16,19H,2-4,8-11H2,1H3. The third-order valence-electron chi connectivity index (χ3n) is 4.69. The highest BCUT2D eigenvalue weighted by molar-refractivity contribution is 5.78. The summed E-state index contributed by atoms with van der Waals surface area (Å²) in [6, 6.07) is 6.50. The quantitative estimate of drug-likeness (QED) is 0.911. The van der Waals surface area contributed by atoms with Crippen molar-refractivity contribution < 1.29 is 9.90 Å². The van der Waals surface area contributed by atoms with Gasteiger partial charge in [-0.15, -0.1) is 0 Å². The van der Waals surface area contributed by atoms with Crippen LogP contribution >= 0.6 is 0 Å². The van der Waals surface area contributed by atoms with Gasteiger partial charge >= 0.3 is 0 Å². The van der Waals surface area contributed by atoms with Gasteiger partial charge in [0.2, 0.25) is 5.91 Å². The molecule has 1 N–H and O–H groups in total. The molecule has 2 aliphatic carbocycles. The summed E-state index contributed by atoms with van der Waals surface area (Å²) in [6.45, 7) is 0.779. The first kappa shape index (κ1) is 13.6. The Bertz CT molecular complexity index is 506. The van der Waals surface area contributed by atoms with E-state index < -0.39 is 0 Å². The molecule has 0 unspecified atom stereocenters. The average molecular weight is 273 g/mol. The molecular weight excluding hydrogens is 250 g/mol. The lowest BCUT2D eigenvalue weighted by atomic mass is 9.82. The van der Waals surface area contributed by atoms with E-state index in [1.54, 1.807) is 0 Å². The molecule has 20 heavy (non-hydrogen) atoms. The van der Waals surface area contributed by atoms with E-state index in [4.69, 9.17) is 0 Å². The highest BCUT2D eigenvalue weighted by atomic mass is 16.3. The first-order valence-corrected chi connectivity index (χ1v) is 7.64. The second kappa shape index (κ2) is 5.57. The molecule has 0 radical (unpaired) electrons. The predicted molar refractivity (Wildman–Crippen MR) is 78.5 cm³/mol. The molecular formula is C17H23NO2. The number of likely N-dealkylation sites (N-methyl/N-ethyl adjacent to an activating group) is 1. The molecule has 3 nitrogen and oxygen atoms in total. The maximum absolute atomic E-state index is 12.2. The molecule has 0 aromatic heterocycles. The largest absolute Gasteiger partial charge is 0.393 e. The maximum atomic E-state index is 12.2. The highest BCUT2D eigenvalue weighted by Gasteiger charge is 2.29. The van der Waals surface area contributed by atoms with E-state index >= 15 is 0 Å². The highest BCUT2D eigenvalue weighted by Crippen LogP contribution is 2.28. The number of hydrogen-bond donors (Lipinski definition) is 1. The summed E-state index contributed by atoms with van der Waals surface area (Å²) in [6.07, 6.45) is 5.64. The van der Waals surface area contributed by atoms with Crippen molar-refractivity contribution in [1.29, 1.82) is 0 Å². The fourth-order valence-corrected chi connectivity index (χ4v) is 3.38. The molecule has 0 saturated heterocycles. The fraction of sp³-hybridized carbons (Fsp3) is 0.588. The molecule has 1 amide bonds. The SMILES string of the molecule is CN(CC1CC(O)C1)C(=O)Cc1ccc2c(c1)CCC2. The number of aliphatic hydroxyl groups excluding tert-OH is 1. The van der Waals surface area contributed by atoms with E-state index in [0.29, 0.717) is 12.3 Å². The summed E-state index contributed by atoms with van der Waals surface area (Å²) in [4.78, 5) is 14.1. The Morgan fingerprint density at radius 3 is 2.80 bits per heavy atom. The molecule has 1 aromatic rings. The molecule has 0 aliphatic heterocycles. The Morgan fingerprint density at radius 2 is 2.05 bits per heavy atom. The summed E-state index contributed by atoms with van der Waals surface area (Å²) >= 11 is 0. The number of rotatable bonds is 4. The van der Waals surface area contributed by atoms with Gasteiger partial charge in [0.15, 0.2) is 0 Å². The number of fused-ring (bicyclic) bond motifs is 1. The zero-order valence-corrected chi connectivity index (χ0v) is 12.1. The van der Waals surface area contributed by atoms with Crippen LogP contribution < -0.4 is 0 Å². The number of hydrogen-bond acceptors (Lipinski definition) is 2. The van der Waals surface area contributed by atoms with Crippen molar-refractivity contribution in [2.24, 2.45) is 5.92 Å². The molecule has 2 aliphatic rings. The van der Waals surface area contributed by atoms with E-state index in [0.717, 1.165) is 31.4 Å². The second-order valence-electron chi connectivity index (χ2n) is 6.40. The van der Waals surface area contributed by atoms with E-state index in [1.165, 1.54) is 24.0 Å². The molecule has 0 bridgehead atoms. The van der Waals surface area contributed by atoms with Crippen LogP contribution in [0.5, 0.6) is 0 Å². The van der Waals surface area contributed by atoms with Crippen molar-refractivity contribution >= 4 is 5.91 Å². The van der Waals surface area contributed by atoms with Crippen LogP contribution in [0.3, 0.4) is 0 Å². The van der Waals surface area contributed by atoms with Gasteiger partial charge in [0, 0.05) is 13.6 Å². The number of amides is 1. The van der Waals surface area contributed by atoms with Gasteiger partial charge in [-0.05, 0) is 54.7 Å². The number of aryl methyl sites for hydroxylation is 2. The van der Waals surface area contributed by atoms with Crippen LogP contribution in [0.4, 0.5) is 0 Å². The van der Waals surface area contributed by atoms with Gasteiger partial charge in [-0.2, -0.15) is 0 Å². The molecule has 1 aromatic carbocycles. The van der Waals surface area contributed by atoms with Crippen LogP contribution in [0.2, 0.25) is 0 Å². The van der Waals surface area contributed by atoms with E-state index in [-0.39, 0.29) is 12.0 Å². The topological polar surface area (TPSA) is 40.5 Å². The van der Waals surface area contributed by atoms with E-state index in [1.807, 2.05) is 11.9 Å². The normalized spacial score (nSPS) is 24.1. The van der Waals surface area contributed by atoms with Crippen LogP contribution in [-0.2, 0) is 24.1 Å². The van der Waals surface area contributed by atoms with Crippen LogP contribution in [0.25, 0.3) is 0 Å². The second-order valence-corrected chi connectivity index (χ2v) is 6.40. The minimum absolute atomic E-state index is 0.139. The lowest BCUT2D eigenvalue weighted by molar-refractivity contribution is -0.130. The van der Waals surface area contributed by atoms with Crippen LogP contribution in [0, 0.1) is 5.92 Å². The summed E-state index contributed by atoms with van der Waals surface area (Å²) in [5.74, 6) is 0.670. The molecule has 1 saturated carbocycles. The zero-order chi connectivity index (χ0) is 14.1. The van der Waals surface area contributed by atoms with Gasteiger partial charge < -0.3 is 10.0 Å². The zero-order valence-electron chi connectivity index (χ0n) is 12.1. The van der Waals surface area contributed by atoms with E-state index in [9.17, 15) is 9.90 Å². The summed E-state index contributed by atoms with van der Waals surface area (Å²) in [5, 5.41) is 9.29. The predicted octanol–water partition coefficient (Wildman–Crippen LogP) is 1.95. The maximum Gasteiger partial charge on any atom is 0.226 e. The minimum atomic E-state index is -0.139. The number of carbonyl (C=O) groups is 1. The molecule has 1 fully saturated rings. The molecule has 0 spiro atoms.